The highest BCUT2D eigenvalue weighted by atomic mass is 15.2. The highest BCUT2D eigenvalue weighted by molar-refractivity contribution is 5.77. The lowest BCUT2D eigenvalue weighted by Crippen LogP contribution is -2.43. The van der Waals surface area contributed by atoms with Crippen LogP contribution in [0.3, 0.4) is 0 Å². The molecule has 118 valence electrons. The van der Waals surface area contributed by atoms with E-state index in [1.54, 1.807) is 0 Å². The molecule has 0 spiro atoms. The maximum Gasteiger partial charge on any atom is 0.188 e. The zero-order valence-electron chi connectivity index (χ0n) is 14.1. The van der Waals surface area contributed by atoms with E-state index in [1.165, 1.54) is 25.8 Å². The number of hydrogen-bond acceptors (Lipinski definition) is 2. The number of likely N-dealkylation sites (N-methyl/N-ethyl adjacent to an activating group) is 1. The third-order valence-corrected chi connectivity index (χ3v) is 4.06. The van der Waals surface area contributed by atoms with Gasteiger partial charge in [-0.2, -0.15) is 0 Å². The summed E-state index contributed by atoms with van der Waals surface area (Å²) in [5, 5.41) is 3.30. The first-order valence-corrected chi connectivity index (χ1v) is 8.12. The van der Waals surface area contributed by atoms with Crippen LogP contribution in [0.1, 0.15) is 53.9 Å². The van der Waals surface area contributed by atoms with Crippen molar-refractivity contribution in [1.29, 1.82) is 0 Å². The molecule has 1 fully saturated rings. The molecule has 3 N–H and O–H groups in total. The number of rotatable bonds is 7. The van der Waals surface area contributed by atoms with Crippen LogP contribution >= 0.6 is 0 Å². The van der Waals surface area contributed by atoms with Crippen LogP contribution in [0.5, 0.6) is 0 Å². The van der Waals surface area contributed by atoms with Crippen LogP contribution in [0.4, 0.5) is 0 Å². The van der Waals surface area contributed by atoms with Gasteiger partial charge in [0.25, 0.3) is 0 Å². The van der Waals surface area contributed by atoms with Crippen molar-refractivity contribution >= 4 is 5.96 Å². The summed E-state index contributed by atoms with van der Waals surface area (Å²) in [4.78, 5) is 7.04. The Morgan fingerprint density at radius 1 is 1.45 bits per heavy atom. The average Bonchev–Trinajstić information content (AvgIpc) is 2.79. The van der Waals surface area contributed by atoms with Crippen LogP contribution in [-0.4, -0.2) is 43.1 Å². The minimum absolute atomic E-state index is 0.225. The molecular weight excluding hydrogens is 248 g/mol. The Morgan fingerprint density at radius 3 is 2.75 bits per heavy atom. The second kappa shape index (κ2) is 7.87. The lowest BCUT2D eigenvalue weighted by molar-refractivity contribution is 0.267. The number of guanidine groups is 1. The van der Waals surface area contributed by atoms with Crippen LogP contribution < -0.4 is 11.1 Å². The maximum absolute atomic E-state index is 6.00. The van der Waals surface area contributed by atoms with Gasteiger partial charge in [-0.15, -0.1) is 0 Å². The van der Waals surface area contributed by atoms with Gasteiger partial charge in [-0.05, 0) is 43.7 Å². The Balaban J connectivity index is 2.34. The first-order valence-electron chi connectivity index (χ1n) is 8.12. The Kier molecular flexibility index (Phi) is 6.80. The molecule has 4 heteroatoms. The first kappa shape index (κ1) is 17.3. The summed E-state index contributed by atoms with van der Waals surface area (Å²) in [5.41, 5.74) is 6.22. The third-order valence-electron chi connectivity index (χ3n) is 4.06. The van der Waals surface area contributed by atoms with E-state index >= 15 is 0 Å². The van der Waals surface area contributed by atoms with Crippen molar-refractivity contribution in [1.82, 2.24) is 10.2 Å². The lowest BCUT2D eigenvalue weighted by Gasteiger charge is -2.25. The normalized spacial score (nSPS) is 21.7. The molecule has 1 unspecified atom stereocenters. The second-order valence-corrected chi connectivity index (χ2v) is 7.27. The van der Waals surface area contributed by atoms with E-state index in [1.807, 2.05) is 0 Å². The van der Waals surface area contributed by atoms with Crippen LogP contribution in [0.15, 0.2) is 4.99 Å². The minimum Gasteiger partial charge on any atom is -0.370 e. The largest absolute Gasteiger partial charge is 0.370 e. The summed E-state index contributed by atoms with van der Waals surface area (Å²) in [7, 11) is 0. The van der Waals surface area contributed by atoms with Crippen molar-refractivity contribution in [3.8, 4) is 0 Å². The molecule has 1 aliphatic heterocycles. The highest BCUT2D eigenvalue weighted by Crippen LogP contribution is 2.25. The van der Waals surface area contributed by atoms with Crippen molar-refractivity contribution in [3.63, 3.8) is 0 Å². The van der Waals surface area contributed by atoms with Gasteiger partial charge < -0.3 is 11.1 Å². The monoisotopic (exact) mass is 282 g/mol. The molecule has 0 aliphatic carbocycles. The molecule has 1 rings (SSSR count). The SMILES string of the molecule is CCN1CCCC1CNC(N)=NCC(C)(C)CC(C)C. The second-order valence-electron chi connectivity index (χ2n) is 7.27. The Labute approximate surface area is 125 Å². The van der Waals surface area contributed by atoms with Gasteiger partial charge in [-0.3, -0.25) is 9.89 Å². The molecule has 1 heterocycles. The van der Waals surface area contributed by atoms with E-state index in [2.05, 4.69) is 49.8 Å². The number of nitrogens with two attached hydrogens (primary N) is 1. The van der Waals surface area contributed by atoms with E-state index in [4.69, 9.17) is 5.73 Å². The van der Waals surface area contributed by atoms with Crippen LogP contribution in [-0.2, 0) is 0 Å². The minimum atomic E-state index is 0.225. The van der Waals surface area contributed by atoms with Gasteiger partial charge in [-0.25, -0.2) is 0 Å². The van der Waals surface area contributed by atoms with Gasteiger partial charge in [0.1, 0.15) is 0 Å². The summed E-state index contributed by atoms with van der Waals surface area (Å²) in [6.07, 6.45) is 3.75. The quantitative estimate of drug-likeness (QED) is 0.557. The molecule has 4 nitrogen and oxygen atoms in total. The van der Waals surface area contributed by atoms with Gasteiger partial charge in [-0.1, -0.05) is 34.6 Å². The van der Waals surface area contributed by atoms with Gasteiger partial charge in [0, 0.05) is 19.1 Å². The maximum atomic E-state index is 6.00. The Hall–Kier alpha value is -0.770. The predicted octanol–water partition coefficient (Wildman–Crippen LogP) is 2.45. The standard InChI is InChI=1S/C16H34N4/c1-6-20-9-7-8-14(20)11-18-15(17)19-12-16(4,5)10-13(2)3/h13-14H,6-12H2,1-5H3,(H3,17,18,19). The van der Waals surface area contributed by atoms with E-state index in [0.29, 0.717) is 17.9 Å². The summed E-state index contributed by atoms with van der Waals surface area (Å²) in [5.74, 6) is 1.30. The van der Waals surface area contributed by atoms with Crippen molar-refractivity contribution < 1.29 is 0 Å². The summed E-state index contributed by atoms with van der Waals surface area (Å²) in [6.45, 7) is 15.3. The number of hydrogen-bond donors (Lipinski definition) is 2. The average molecular weight is 282 g/mol. The molecule has 1 atom stereocenters. The predicted molar refractivity (Wildman–Crippen MR) is 88.0 cm³/mol. The van der Waals surface area contributed by atoms with Gasteiger partial charge >= 0.3 is 0 Å². The van der Waals surface area contributed by atoms with Crippen molar-refractivity contribution in [2.75, 3.05) is 26.2 Å². The van der Waals surface area contributed by atoms with E-state index < -0.39 is 0 Å². The fourth-order valence-corrected chi connectivity index (χ4v) is 3.29. The number of nitrogens with zero attached hydrogens (tertiary/aromatic N) is 2. The zero-order chi connectivity index (χ0) is 15.2. The zero-order valence-corrected chi connectivity index (χ0v) is 14.1. The summed E-state index contributed by atoms with van der Waals surface area (Å²) in [6, 6.07) is 0.623. The molecular formula is C16H34N4. The fourth-order valence-electron chi connectivity index (χ4n) is 3.29. The van der Waals surface area contributed by atoms with Crippen LogP contribution in [0.25, 0.3) is 0 Å². The molecule has 0 radical (unpaired) electrons. The van der Waals surface area contributed by atoms with E-state index in [9.17, 15) is 0 Å². The van der Waals surface area contributed by atoms with Gasteiger partial charge in [0.05, 0.1) is 0 Å². The van der Waals surface area contributed by atoms with Crippen molar-refractivity contribution in [3.05, 3.63) is 0 Å². The Bertz CT molecular complexity index is 310. The fraction of sp³-hybridized carbons (Fsp3) is 0.938. The molecule has 0 aromatic heterocycles. The summed E-state index contributed by atoms with van der Waals surface area (Å²) < 4.78 is 0. The number of aliphatic imine (C=N–C) groups is 1. The molecule has 0 amide bonds. The van der Waals surface area contributed by atoms with Crippen molar-refractivity contribution in [2.45, 2.75) is 59.9 Å². The van der Waals surface area contributed by atoms with Gasteiger partial charge in [0.15, 0.2) is 5.96 Å². The molecule has 1 aliphatic rings. The first-order chi connectivity index (χ1) is 9.34. The molecule has 0 aromatic carbocycles. The third kappa shape index (κ3) is 6.12. The number of likely N-dealkylation sites (tertiary alicyclic amines) is 1. The van der Waals surface area contributed by atoms with Crippen LogP contribution in [0, 0.1) is 11.3 Å². The molecule has 20 heavy (non-hydrogen) atoms. The van der Waals surface area contributed by atoms with E-state index in [0.717, 1.165) is 19.6 Å². The summed E-state index contributed by atoms with van der Waals surface area (Å²) >= 11 is 0. The topological polar surface area (TPSA) is 53.6 Å². The van der Waals surface area contributed by atoms with Crippen LogP contribution in [0.2, 0.25) is 0 Å². The Morgan fingerprint density at radius 2 is 2.15 bits per heavy atom. The molecule has 0 saturated carbocycles. The van der Waals surface area contributed by atoms with Crippen molar-refractivity contribution in [2.24, 2.45) is 22.1 Å². The smallest absolute Gasteiger partial charge is 0.188 e. The molecule has 1 saturated heterocycles. The van der Waals surface area contributed by atoms with Gasteiger partial charge in [0.2, 0.25) is 0 Å². The lowest BCUT2D eigenvalue weighted by atomic mass is 9.84. The number of nitrogens with one attached hydrogen (secondary N) is 1. The molecule has 0 aromatic rings. The highest BCUT2D eigenvalue weighted by Gasteiger charge is 2.23. The van der Waals surface area contributed by atoms with E-state index in [-0.39, 0.29) is 5.41 Å². The molecule has 0 bridgehead atoms.